The Balaban J connectivity index is 1.48. The number of piperazine rings is 1. The van der Waals surface area contributed by atoms with Crippen LogP contribution in [0, 0.1) is 17.2 Å². The zero-order valence-corrected chi connectivity index (χ0v) is 23.1. The summed E-state index contributed by atoms with van der Waals surface area (Å²) in [5.74, 6) is -1.25. The third-order valence-electron chi connectivity index (χ3n) is 7.72. The number of carbonyl (C=O) groups is 4. The van der Waals surface area contributed by atoms with Crippen LogP contribution in [0.3, 0.4) is 0 Å². The molecular weight excluding hydrogens is 502 g/mol. The van der Waals surface area contributed by atoms with Crippen molar-refractivity contribution in [1.29, 1.82) is 5.26 Å². The molecule has 3 heterocycles. The first-order valence-electron chi connectivity index (χ1n) is 13.4. The van der Waals surface area contributed by atoms with Gasteiger partial charge in [0, 0.05) is 25.7 Å². The zero-order chi connectivity index (χ0) is 28.6. The van der Waals surface area contributed by atoms with E-state index in [1.807, 2.05) is 23.6 Å². The maximum atomic E-state index is 13.6. The van der Waals surface area contributed by atoms with Crippen LogP contribution in [0.15, 0.2) is 24.3 Å². The molecule has 2 bridgehead atoms. The van der Waals surface area contributed by atoms with Gasteiger partial charge in [-0.25, -0.2) is 9.59 Å². The number of nitrogens with one attached hydrogen (secondary N) is 1. The molecule has 0 aromatic heterocycles. The number of fused-ring (bicyclic) bond motifs is 2. The summed E-state index contributed by atoms with van der Waals surface area (Å²) in [5.41, 5.74) is 0.278. The molecule has 0 saturated carbocycles. The van der Waals surface area contributed by atoms with Crippen LogP contribution >= 0.6 is 0 Å². The summed E-state index contributed by atoms with van der Waals surface area (Å²) in [6.45, 7) is 10.2. The molecule has 0 radical (unpaired) electrons. The van der Waals surface area contributed by atoms with E-state index >= 15 is 0 Å². The number of nitriles is 1. The summed E-state index contributed by atoms with van der Waals surface area (Å²) >= 11 is 0. The molecule has 3 fully saturated rings. The molecule has 210 valence electrons. The molecule has 0 spiro atoms. The molecular formula is C28H37N5O6. The first kappa shape index (κ1) is 28.4. The zero-order valence-electron chi connectivity index (χ0n) is 23.1. The fourth-order valence-corrected chi connectivity index (χ4v) is 5.95. The number of aromatic carboxylic acids is 1. The largest absolute Gasteiger partial charge is 0.478 e. The SMILES string of the molecule is CC1CC(C#N)N(C(=O)C(CN2C[C@@H]3CC2C(=O)N3[C@@H](C)c2ccc(C(=O)O)cc2)NC(=O)OC(C)(C)C)C1. The number of ether oxygens (including phenoxy) is 1. The second-order valence-electron chi connectivity index (χ2n) is 11.9. The van der Waals surface area contributed by atoms with Crippen LogP contribution in [0.2, 0.25) is 0 Å². The van der Waals surface area contributed by atoms with Gasteiger partial charge >= 0.3 is 12.1 Å². The molecule has 3 amide bonds. The lowest BCUT2D eigenvalue weighted by Crippen LogP contribution is -2.59. The highest BCUT2D eigenvalue weighted by molar-refractivity contribution is 5.89. The first-order chi connectivity index (χ1) is 18.3. The van der Waals surface area contributed by atoms with Crippen molar-refractivity contribution in [3.05, 3.63) is 35.4 Å². The van der Waals surface area contributed by atoms with E-state index in [0.717, 1.165) is 5.56 Å². The maximum Gasteiger partial charge on any atom is 0.408 e. The molecule has 3 saturated heterocycles. The third kappa shape index (κ3) is 6.01. The normalized spacial score (nSPS) is 26.3. The van der Waals surface area contributed by atoms with Gasteiger partial charge in [0.05, 0.1) is 23.7 Å². The van der Waals surface area contributed by atoms with Gasteiger partial charge < -0.3 is 25.0 Å². The van der Waals surface area contributed by atoms with Crippen LogP contribution < -0.4 is 5.32 Å². The quantitative estimate of drug-likeness (QED) is 0.538. The van der Waals surface area contributed by atoms with Gasteiger partial charge in [0.1, 0.15) is 17.7 Å². The summed E-state index contributed by atoms with van der Waals surface area (Å²) in [4.78, 5) is 56.2. The average Bonchev–Trinajstić information content (AvgIpc) is 3.53. The topological polar surface area (TPSA) is 143 Å². The van der Waals surface area contributed by atoms with Crippen molar-refractivity contribution in [2.24, 2.45) is 5.92 Å². The number of benzene rings is 1. The van der Waals surface area contributed by atoms with Gasteiger partial charge in [-0.05, 0) is 64.2 Å². The summed E-state index contributed by atoms with van der Waals surface area (Å²) in [7, 11) is 0. The monoisotopic (exact) mass is 539 g/mol. The fourth-order valence-electron chi connectivity index (χ4n) is 5.95. The van der Waals surface area contributed by atoms with Crippen molar-refractivity contribution in [1.82, 2.24) is 20.0 Å². The third-order valence-corrected chi connectivity index (χ3v) is 7.72. The van der Waals surface area contributed by atoms with Gasteiger partial charge in [-0.2, -0.15) is 5.26 Å². The molecule has 1 aromatic carbocycles. The molecule has 11 nitrogen and oxygen atoms in total. The van der Waals surface area contributed by atoms with Gasteiger partial charge in [0.2, 0.25) is 11.8 Å². The summed E-state index contributed by atoms with van der Waals surface area (Å²) in [6.07, 6.45) is 0.456. The number of nitrogens with zero attached hydrogens (tertiary/aromatic N) is 4. The van der Waals surface area contributed by atoms with E-state index in [1.54, 1.807) is 32.9 Å². The van der Waals surface area contributed by atoms with Crippen LogP contribution in [0.5, 0.6) is 0 Å². The van der Waals surface area contributed by atoms with Crippen LogP contribution in [0.4, 0.5) is 4.79 Å². The van der Waals surface area contributed by atoms with Gasteiger partial charge in [-0.3, -0.25) is 14.5 Å². The van der Waals surface area contributed by atoms with Gasteiger partial charge in [-0.15, -0.1) is 0 Å². The molecule has 3 aliphatic heterocycles. The molecule has 4 rings (SSSR count). The predicted octanol–water partition coefficient (Wildman–Crippen LogP) is 2.38. The maximum absolute atomic E-state index is 13.6. The van der Waals surface area contributed by atoms with Crippen LogP contribution in [0.1, 0.15) is 69.4 Å². The summed E-state index contributed by atoms with van der Waals surface area (Å²) in [6, 6.07) is 6.44. The van der Waals surface area contributed by atoms with Gasteiger partial charge in [0.25, 0.3) is 0 Å². The molecule has 1 aromatic rings. The lowest BCUT2D eigenvalue weighted by atomic mass is 10.0. The molecule has 3 aliphatic rings. The summed E-state index contributed by atoms with van der Waals surface area (Å²) in [5, 5.41) is 21.5. The Bertz CT molecular complexity index is 1170. The first-order valence-corrected chi connectivity index (χ1v) is 13.4. The van der Waals surface area contributed by atoms with Crippen LogP contribution in [-0.4, -0.2) is 93.1 Å². The highest BCUT2D eigenvalue weighted by Gasteiger charge is 2.52. The Morgan fingerprint density at radius 1 is 1.18 bits per heavy atom. The van der Waals surface area contributed by atoms with Crippen LogP contribution in [-0.2, 0) is 14.3 Å². The number of hydrogen-bond donors (Lipinski definition) is 2. The highest BCUT2D eigenvalue weighted by atomic mass is 16.6. The number of carbonyl (C=O) groups excluding carboxylic acids is 3. The second kappa shape index (κ2) is 10.8. The smallest absolute Gasteiger partial charge is 0.408 e. The van der Waals surface area contributed by atoms with Crippen molar-refractivity contribution in [2.75, 3.05) is 19.6 Å². The van der Waals surface area contributed by atoms with Crippen molar-refractivity contribution in [3.63, 3.8) is 0 Å². The van der Waals surface area contributed by atoms with Crippen molar-refractivity contribution in [3.8, 4) is 6.07 Å². The van der Waals surface area contributed by atoms with E-state index < -0.39 is 35.8 Å². The number of amides is 3. The molecule has 0 aliphatic carbocycles. The predicted molar refractivity (Wildman–Crippen MR) is 140 cm³/mol. The minimum absolute atomic E-state index is 0.0609. The van der Waals surface area contributed by atoms with Crippen molar-refractivity contribution >= 4 is 23.9 Å². The van der Waals surface area contributed by atoms with E-state index in [2.05, 4.69) is 11.4 Å². The molecule has 2 N–H and O–H groups in total. The number of rotatable bonds is 7. The lowest BCUT2D eigenvalue weighted by Gasteiger charge is -2.39. The van der Waals surface area contributed by atoms with Gasteiger partial charge in [0.15, 0.2) is 0 Å². The van der Waals surface area contributed by atoms with E-state index in [1.165, 1.54) is 17.0 Å². The van der Waals surface area contributed by atoms with E-state index in [4.69, 9.17) is 9.84 Å². The number of carboxylic acids is 1. The van der Waals surface area contributed by atoms with Crippen molar-refractivity contribution < 1.29 is 29.0 Å². The molecule has 11 heteroatoms. The number of likely N-dealkylation sites (tertiary alicyclic amines) is 3. The van der Waals surface area contributed by atoms with E-state index in [-0.39, 0.29) is 41.9 Å². The summed E-state index contributed by atoms with van der Waals surface area (Å²) < 4.78 is 5.41. The Hall–Kier alpha value is -3.65. The standard InChI is InChI=1S/C28H37N5O6/c1-16-10-20(12-29)32(13-16)24(34)22(30-27(38)39-28(3,4)5)15-31-14-21-11-23(31)25(35)33(21)17(2)18-6-8-19(9-7-18)26(36)37/h6-9,16-17,20-23H,10-11,13-15H2,1-5H3,(H,30,38)(H,36,37)/t16?,17-,20?,21-,22?,23?/m0/s1. The molecule has 4 unspecified atom stereocenters. The van der Waals surface area contributed by atoms with Gasteiger partial charge in [-0.1, -0.05) is 19.1 Å². The van der Waals surface area contributed by atoms with E-state index in [0.29, 0.717) is 25.9 Å². The fraction of sp³-hybridized carbons (Fsp3) is 0.607. The van der Waals surface area contributed by atoms with E-state index in [9.17, 15) is 24.4 Å². The highest BCUT2D eigenvalue weighted by Crippen LogP contribution is 2.38. The Labute approximate surface area is 228 Å². The lowest BCUT2D eigenvalue weighted by molar-refractivity contribution is -0.141. The number of hydrogen-bond acceptors (Lipinski definition) is 7. The second-order valence-corrected chi connectivity index (χ2v) is 11.9. The Kier molecular flexibility index (Phi) is 7.89. The minimum atomic E-state index is -1.00. The number of alkyl carbamates (subject to hydrolysis) is 1. The van der Waals surface area contributed by atoms with Crippen LogP contribution in [0.25, 0.3) is 0 Å². The van der Waals surface area contributed by atoms with Crippen molar-refractivity contribution in [2.45, 2.75) is 83.3 Å². The Morgan fingerprint density at radius 3 is 2.41 bits per heavy atom. The molecule has 39 heavy (non-hydrogen) atoms. The minimum Gasteiger partial charge on any atom is -0.478 e. The average molecular weight is 540 g/mol. The molecule has 6 atom stereocenters. The number of carboxylic acid groups (broad SMARTS) is 1. The Morgan fingerprint density at radius 2 is 1.85 bits per heavy atom.